The monoisotopic (exact) mass is 305 g/mol. The number of nitrogens with zero attached hydrogens (tertiary/aromatic N) is 4. The van der Waals surface area contributed by atoms with Crippen molar-refractivity contribution in [1.29, 1.82) is 0 Å². The predicted molar refractivity (Wildman–Crippen MR) is 88.2 cm³/mol. The molecule has 2 aromatic heterocycles. The quantitative estimate of drug-likeness (QED) is 0.803. The van der Waals surface area contributed by atoms with Crippen LogP contribution in [-0.4, -0.2) is 33.4 Å². The van der Waals surface area contributed by atoms with Gasteiger partial charge in [0.05, 0.1) is 6.04 Å². The van der Waals surface area contributed by atoms with Crippen LogP contribution in [0, 0.1) is 0 Å². The van der Waals surface area contributed by atoms with Gasteiger partial charge in [-0.05, 0) is 24.3 Å². The second kappa shape index (κ2) is 5.64. The van der Waals surface area contributed by atoms with E-state index in [0.717, 1.165) is 11.2 Å². The fourth-order valence-electron chi connectivity index (χ4n) is 2.81. The Bertz CT molecular complexity index is 852. The largest absolute Gasteiger partial charge is 0.365 e. The first kappa shape index (κ1) is 13.6. The average molecular weight is 305 g/mol. The van der Waals surface area contributed by atoms with Gasteiger partial charge in [-0.15, -0.1) is 0 Å². The molecule has 23 heavy (non-hydrogen) atoms. The lowest BCUT2D eigenvalue weighted by atomic mass is 10.2. The molecule has 1 saturated heterocycles. The molecule has 1 aliphatic rings. The van der Waals surface area contributed by atoms with Crippen LogP contribution in [0.5, 0.6) is 0 Å². The van der Waals surface area contributed by atoms with Crippen molar-refractivity contribution >= 4 is 28.6 Å². The van der Waals surface area contributed by atoms with Gasteiger partial charge in [-0.1, -0.05) is 18.2 Å². The highest BCUT2D eigenvalue weighted by molar-refractivity contribution is 5.96. The number of rotatable bonds is 3. The summed E-state index contributed by atoms with van der Waals surface area (Å²) in [5, 5.41) is 3.32. The number of fused-ring (bicyclic) bond motifs is 1. The summed E-state index contributed by atoms with van der Waals surface area (Å²) in [6.45, 7) is 0.628. The Morgan fingerprint density at radius 3 is 2.74 bits per heavy atom. The van der Waals surface area contributed by atoms with Gasteiger partial charge in [-0.3, -0.25) is 9.78 Å². The molecule has 1 fully saturated rings. The zero-order chi connectivity index (χ0) is 15.6. The molecule has 1 N–H and O–H groups in total. The Morgan fingerprint density at radius 2 is 1.87 bits per heavy atom. The third-order valence-electron chi connectivity index (χ3n) is 3.88. The van der Waals surface area contributed by atoms with E-state index in [1.807, 2.05) is 42.5 Å². The van der Waals surface area contributed by atoms with Crippen molar-refractivity contribution in [3.05, 3.63) is 54.9 Å². The lowest BCUT2D eigenvalue weighted by molar-refractivity contribution is -0.117. The highest BCUT2D eigenvalue weighted by Gasteiger charge is 2.30. The second-order valence-corrected chi connectivity index (χ2v) is 5.48. The molecule has 1 aromatic carbocycles. The van der Waals surface area contributed by atoms with Crippen molar-refractivity contribution in [2.75, 3.05) is 16.8 Å². The van der Waals surface area contributed by atoms with Gasteiger partial charge in [-0.25, -0.2) is 9.97 Å². The van der Waals surface area contributed by atoms with E-state index < -0.39 is 0 Å². The fraction of sp³-hybridized carbons (Fsp3) is 0.176. The molecule has 4 rings (SSSR count). The van der Waals surface area contributed by atoms with Crippen LogP contribution in [0.1, 0.15) is 6.42 Å². The molecular formula is C17H15N5O. The Hall–Kier alpha value is -3.02. The maximum atomic E-state index is 12.2. The van der Waals surface area contributed by atoms with E-state index in [9.17, 15) is 4.79 Å². The maximum absolute atomic E-state index is 12.2. The molecule has 1 amide bonds. The predicted octanol–water partition coefficient (Wildman–Crippen LogP) is 2.24. The highest BCUT2D eigenvalue weighted by atomic mass is 16.2. The Labute approximate surface area is 133 Å². The smallest absolute Gasteiger partial charge is 0.229 e. The average Bonchev–Trinajstić information content (AvgIpc) is 2.96. The van der Waals surface area contributed by atoms with Gasteiger partial charge in [-0.2, -0.15) is 0 Å². The fourth-order valence-corrected chi connectivity index (χ4v) is 2.81. The van der Waals surface area contributed by atoms with E-state index in [0.29, 0.717) is 24.4 Å². The first-order chi connectivity index (χ1) is 11.3. The summed E-state index contributed by atoms with van der Waals surface area (Å²) >= 11 is 0. The van der Waals surface area contributed by atoms with Gasteiger partial charge in [0.1, 0.15) is 11.3 Å². The van der Waals surface area contributed by atoms with Crippen LogP contribution in [-0.2, 0) is 4.79 Å². The summed E-state index contributed by atoms with van der Waals surface area (Å²) in [4.78, 5) is 26.9. The third-order valence-corrected chi connectivity index (χ3v) is 3.88. The topological polar surface area (TPSA) is 71.0 Å². The molecule has 0 bridgehead atoms. The summed E-state index contributed by atoms with van der Waals surface area (Å²) < 4.78 is 0. The second-order valence-electron chi connectivity index (χ2n) is 5.48. The van der Waals surface area contributed by atoms with Crippen molar-refractivity contribution < 1.29 is 4.79 Å². The number of hydrogen-bond acceptors (Lipinski definition) is 5. The van der Waals surface area contributed by atoms with Crippen LogP contribution in [0.25, 0.3) is 11.2 Å². The normalized spacial score (nSPS) is 17.7. The van der Waals surface area contributed by atoms with E-state index in [4.69, 9.17) is 0 Å². The molecule has 6 heteroatoms. The number of amides is 1. The lowest BCUT2D eigenvalue weighted by Gasteiger charge is -2.17. The van der Waals surface area contributed by atoms with Crippen LogP contribution in [0.4, 0.5) is 11.5 Å². The third kappa shape index (κ3) is 2.70. The molecule has 114 valence electrons. The highest BCUT2D eigenvalue weighted by Crippen LogP contribution is 2.23. The van der Waals surface area contributed by atoms with Crippen LogP contribution in [0.15, 0.2) is 54.9 Å². The summed E-state index contributed by atoms with van der Waals surface area (Å²) in [6, 6.07) is 13.5. The van der Waals surface area contributed by atoms with Crippen molar-refractivity contribution in [3.63, 3.8) is 0 Å². The molecule has 3 aromatic rings. The zero-order valence-corrected chi connectivity index (χ0v) is 12.4. The standard InChI is InChI=1S/C17H15N5O/c23-16-10-12(11-22(16)13-4-2-1-3-5-13)20-15-7-6-14-17(21-15)19-9-8-18-14/h1-9,12H,10-11H2,(H,19,20,21)/t12-/m1/s1. The van der Waals surface area contributed by atoms with Crippen molar-refractivity contribution in [2.45, 2.75) is 12.5 Å². The van der Waals surface area contributed by atoms with Gasteiger partial charge in [0.15, 0.2) is 5.65 Å². The number of pyridine rings is 1. The minimum atomic E-state index is 0.0318. The van der Waals surface area contributed by atoms with E-state index in [2.05, 4.69) is 20.3 Å². The van der Waals surface area contributed by atoms with Crippen LogP contribution in [0.3, 0.4) is 0 Å². The van der Waals surface area contributed by atoms with E-state index in [1.54, 1.807) is 17.3 Å². The van der Waals surface area contributed by atoms with Crippen LogP contribution < -0.4 is 10.2 Å². The Morgan fingerprint density at radius 1 is 1.04 bits per heavy atom. The molecular weight excluding hydrogens is 290 g/mol. The van der Waals surface area contributed by atoms with Gasteiger partial charge in [0.2, 0.25) is 5.91 Å². The van der Waals surface area contributed by atoms with Crippen LogP contribution >= 0.6 is 0 Å². The number of benzene rings is 1. The molecule has 0 saturated carbocycles. The first-order valence-electron chi connectivity index (χ1n) is 7.49. The van der Waals surface area contributed by atoms with Crippen molar-refractivity contribution in [2.24, 2.45) is 0 Å². The molecule has 0 aliphatic carbocycles. The van der Waals surface area contributed by atoms with Crippen molar-refractivity contribution in [3.8, 4) is 0 Å². The summed E-state index contributed by atoms with van der Waals surface area (Å²) in [5.74, 6) is 0.833. The SMILES string of the molecule is O=C1C[C@@H](Nc2ccc3nccnc3n2)CN1c1ccccc1. The van der Waals surface area contributed by atoms with Gasteiger partial charge < -0.3 is 10.2 Å². The molecule has 1 atom stereocenters. The zero-order valence-electron chi connectivity index (χ0n) is 12.4. The molecule has 0 unspecified atom stereocenters. The number of carbonyl (C=O) groups is 1. The minimum Gasteiger partial charge on any atom is -0.365 e. The van der Waals surface area contributed by atoms with E-state index in [1.165, 1.54) is 0 Å². The summed E-state index contributed by atoms with van der Waals surface area (Å²) in [5.41, 5.74) is 2.28. The molecule has 1 aliphatic heterocycles. The molecule has 0 spiro atoms. The summed E-state index contributed by atoms with van der Waals surface area (Å²) in [7, 11) is 0. The van der Waals surface area contributed by atoms with Crippen molar-refractivity contribution in [1.82, 2.24) is 15.0 Å². The number of anilines is 2. The van der Waals surface area contributed by atoms with Crippen LogP contribution in [0.2, 0.25) is 0 Å². The van der Waals surface area contributed by atoms with Gasteiger partial charge in [0.25, 0.3) is 0 Å². The molecule has 3 heterocycles. The Balaban J connectivity index is 1.52. The van der Waals surface area contributed by atoms with E-state index >= 15 is 0 Å². The number of para-hydroxylation sites is 1. The number of hydrogen-bond donors (Lipinski definition) is 1. The maximum Gasteiger partial charge on any atom is 0.229 e. The Kier molecular flexibility index (Phi) is 3.34. The molecule has 0 radical (unpaired) electrons. The number of carbonyl (C=O) groups excluding carboxylic acids is 1. The van der Waals surface area contributed by atoms with Gasteiger partial charge in [0, 0.05) is 31.0 Å². The number of aromatic nitrogens is 3. The number of nitrogens with one attached hydrogen (secondary N) is 1. The van der Waals surface area contributed by atoms with Gasteiger partial charge >= 0.3 is 0 Å². The summed E-state index contributed by atoms with van der Waals surface area (Å²) in [6.07, 6.45) is 3.72. The first-order valence-corrected chi connectivity index (χ1v) is 7.49. The van der Waals surface area contributed by atoms with E-state index in [-0.39, 0.29) is 11.9 Å². The minimum absolute atomic E-state index is 0.0318. The molecule has 6 nitrogen and oxygen atoms in total. The lowest BCUT2D eigenvalue weighted by Crippen LogP contribution is -2.27.